The summed E-state index contributed by atoms with van der Waals surface area (Å²) in [6.45, 7) is 0.00645. The number of hydrogen-bond acceptors (Lipinski definition) is 6. The zero-order valence-corrected chi connectivity index (χ0v) is 14.7. The lowest BCUT2D eigenvalue weighted by molar-refractivity contribution is 0.152. The number of methoxy groups -OCH3 is 1. The van der Waals surface area contributed by atoms with Gasteiger partial charge >= 0.3 is 7.82 Å². The third kappa shape index (κ3) is 6.40. The molecule has 7 nitrogen and oxygen atoms in total. The van der Waals surface area contributed by atoms with Crippen LogP contribution in [0, 0.1) is 0 Å². The van der Waals surface area contributed by atoms with E-state index in [4.69, 9.17) is 13.8 Å². The van der Waals surface area contributed by atoms with Crippen LogP contribution in [0.2, 0.25) is 0 Å². The fourth-order valence-electron chi connectivity index (χ4n) is 2.14. The molecule has 0 amide bonds. The minimum atomic E-state index is -4.13. The minimum Gasteiger partial charge on any atom is -0.508 e. The highest BCUT2D eigenvalue weighted by atomic mass is 31.2. The Balaban J connectivity index is 1.75. The van der Waals surface area contributed by atoms with Gasteiger partial charge in [0.15, 0.2) is 11.5 Å². The summed E-state index contributed by atoms with van der Waals surface area (Å²) >= 11 is 0. The first-order chi connectivity index (χ1) is 11.9. The third-order valence-corrected chi connectivity index (χ3v) is 4.49. The fourth-order valence-corrected chi connectivity index (χ4v) is 2.85. The molecule has 2 rings (SSSR count). The van der Waals surface area contributed by atoms with Gasteiger partial charge in [0, 0.05) is 0 Å². The first-order valence-corrected chi connectivity index (χ1v) is 9.15. The quantitative estimate of drug-likeness (QED) is 0.584. The second-order valence-electron chi connectivity index (χ2n) is 5.31. The number of phosphoric ester groups is 1. The van der Waals surface area contributed by atoms with Crippen LogP contribution in [-0.2, 0) is 26.5 Å². The molecule has 0 aliphatic carbocycles. The van der Waals surface area contributed by atoms with E-state index in [0.717, 1.165) is 11.1 Å². The van der Waals surface area contributed by atoms with Gasteiger partial charge < -0.3 is 19.8 Å². The predicted molar refractivity (Wildman–Crippen MR) is 91.9 cm³/mol. The number of hydrogen-bond donors (Lipinski definition) is 3. The largest absolute Gasteiger partial charge is 0.508 e. The maximum absolute atomic E-state index is 11.8. The number of aromatic hydroxyl groups is 2. The standard InChI is InChI=1S/C17H21O7P/c1-22-17-12-14(4-7-16(17)19)9-11-24-25(20,21)23-10-8-13-2-5-15(18)6-3-13/h2-7,12,18-19H,8-11H2,1H3,(H,20,21). The van der Waals surface area contributed by atoms with Crippen LogP contribution in [-0.4, -0.2) is 35.4 Å². The normalized spacial score (nSPS) is 13.4. The predicted octanol–water partition coefficient (Wildman–Crippen LogP) is 3.03. The average molecular weight is 368 g/mol. The molecule has 8 heteroatoms. The van der Waals surface area contributed by atoms with Gasteiger partial charge in [0.1, 0.15) is 5.75 Å². The molecule has 1 atom stereocenters. The summed E-state index contributed by atoms with van der Waals surface area (Å²) in [6.07, 6.45) is 0.784. The minimum absolute atomic E-state index is 0.0130. The lowest BCUT2D eigenvalue weighted by atomic mass is 10.1. The maximum Gasteiger partial charge on any atom is 0.472 e. The topological polar surface area (TPSA) is 105 Å². The Hall–Kier alpha value is -2.05. The molecule has 2 aromatic rings. The smallest absolute Gasteiger partial charge is 0.472 e. The summed E-state index contributed by atoms with van der Waals surface area (Å²) in [5.41, 5.74) is 1.66. The highest BCUT2D eigenvalue weighted by Crippen LogP contribution is 2.43. The van der Waals surface area contributed by atoms with E-state index in [9.17, 15) is 19.7 Å². The van der Waals surface area contributed by atoms with Crippen LogP contribution in [0.15, 0.2) is 42.5 Å². The molecule has 0 aliphatic heterocycles. The second-order valence-corrected chi connectivity index (χ2v) is 6.76. The van der Waals surface area contributed by atoms with Crippen LogP contribution in [0.3, 0.4) is 0 Å². The third-order valence-electron chi connectivity index (χ3n) is 3.47. The Morgan fingerprint density at radius 1 is 0.920 bits per heavy atom. The second kappa shape index (κ2) is 8.87. The molecule has 0 aliphatic rings. The van der Waals surface area contributed by atoms with Gasteiger partial charge in [-0.15, -0.1) is 0 Å². The van der Waals surface area contributed by atoms with Crippen molar-refractivity contribution < 1.29 is 33.5 Å². The van der Waals surface area contributed by atoms with Crippen molar-refractivity contribution in [2.45, 2.75) is 12.8 Å². The van der Waals surface area contributed by atoms with Gasteiger partial charge in [-0.3, -0.25) is 9.05 Å². The van der Waals surface area contributed by atoms with Gasteiger partial charge in [-0.2, -0.15) is 0 Å². The van der Waals surface area contributed by atoms with E-state index >= 15 is 0 Å². The van der Waals surface area contributed by atoms with Crippen molar-refractivity contribution >= 4 is 7.82 Å². The van der Waals surface area contributed by atoms with Crippen LogP contribution in [0.5, 0.6) is 17.2 Å². The molecule has 0 saturated heterocycles. The van der Waals surface area contributed by atoms with Gasteiger partial charge in [0.05, 0.1) is 20.3 Å². The average Bonchev–Trinajstić information content (AvgIpc) is 2.58. The Labute approximate surface area is 146 Å². The van der Waals surface area contributed by atoms with Crippen molar-refractivity contribution in [1.29, 1.82) is 0 Å². The number of ether oxygens (including phenoxy) is 1. The zero-order valence-electron chi connectivity index (χ0n) is 13.8. The van der Waals surface area contributed by atoms with Crippen molar-refractivity contribution in [3.63, 3.8) is 0 Å². The SMILES string of the molecule is COc1cc(CCOP(=O)(O)OCCc2ccc(O)cc2)ccc1O. The van der Waals surface area contributed by atoms with E-state index in [1.807, 2.05) is 0 Å². The van der Waals surface area contributed by atoms with E-state index in [-0.39, 0.29) is 24.7 Å². The number of phenolic OH excluding ortho intramolecular Hbond substituents is 2. The molecule has 0 bridgehead atoms. The van der Waals surface area contributed by atoms with Gasteiger partial charge in [-0.1, -0.05) is 18.2 Å². The molecule has 0 aromatic heterocycles. The number of phenols is 2. The van der Waals surface area contributed by atoms with Crippen molar-refractivity contribution in [2.24, 2.45) is 0 Å². The summed E-state index contributed by atoms with van der Waals surface area (Å²) in [7, 11) is -2.69. The molecule has 25 heavy (non-hydrogen) atoms. The van der Waals surface area contributed by atoms with Crippen molar-refractivity contribution in [1.82, 2.24) is 0 Å². The summed E-state index contributed by atoms with van der Waals surface area (Å²) < 4.78 is 26.7. The van der Waals surface area contributed by atoms with E-state index in [1.165, 1.54) is 25.3 Å². The van der Waals surface area contributed by atoms with Crippen molar-refractivity contribution in [2.75, 3.05) is 20.3 Å². The summed E-state index contributed by atoms with van der Waals surface area (Å²) in [6, 6.07) is 11.3. The highest BCUT2D eigenvalue weighted by molar-refractivity contribution is 7.47. The van der Waals surface area contributed by atoms with E-state index in [0.29, 0.717) is 18.6 Å². The molecular formula is C17H21O7P. The van der Waals surface area contributed by atoms with Crippen LogP contribution in [0.25, 0.3) is 0 Å². The summed E-state index contributed by atoms with van der Waals surface area (Å²) in [5.74, 6) is 0.513. The van der Waals surface area contributed by atoms with E-state index < -0.39 is 7.82 Å². The van der Waals surface area contributed by atoms with Crippen LogP contribution in [0.4, 0.5) is 0 Å². The molecule has 0 fully saturated rings. The van der Waals surface area contributed by atoms with Crippen molar-refractivity contribution in [3.05, 3.63) is 53.6 Å². The lowest BCUT2D eigenvalue weighted by Gasteiger charge is -2.12. The Bertz CT molecular complexity index is 730. The molecular weight excluding hydrogens is 347 g/mol. The van der Waals surface area contributed by atoms with Gasteiger partial charge in [0.2, 0.25) is 0 Å². The van der Waals surface area contributed by atoms with Crippen molar-refractivity contribution in [3.8, 4) is 17.2 Å². The molecule has 0 radical (unpaired) electrons. The van der Waals surface area contributed by atoms with Gasteiger partial charge in [0.25, 0.3) is 0 Å². The molecule has 1 unspecified atom stereocenters. The monoisotopic (exact) mass is 368 g/mol. The van der Waals surface area contributed by atoms with Crippen LogP contribution in [0.1, 0.15) is 11.1 Å². The lowest BCUT2D eigenvalue weighted by Crippen LogP contribution is -2.02. The van der Waals surface area contributed by atoms with E-state index in [2.05, 4.69) is 0 Å². The Morgan fingerprint density at radius 2 is 1.48 bits per heavy atom. The molecule has 2 aromatic carbocycles. The van der Waals surface area contributed by atoms with Gasteiger partial charge in [-0.05, 0) is 48.2 Å². The zero-order chi connectivity index (χ0) is 18.3. The van der Waals surface area contributed by atoms with Crippen LogP contribution < -0.4 is 4.74 Å². The number of rotatable bonds is 9. The summed E-state index contributed by atoms with van der Waals surface area (Å²) in [4.78, 5) is 9.67. The first kappa shape index (κ1) is 19.3. The van der Waals surface area contributed by atoms with Crippen LogP contribution >= 0.6 is 7.82 Å². The molecule has 0 spiro atoms. The Kier molecular flexibility index (Phi) is 6.84. The first-order valence-electron chi connectivity index (χ1n) is 7.65. The molecule has 136 valence electrons. The summed E-state index contributed by atoms with van der Waals surface area (Å²) in [5, 5.41) is 18.7. The van der Waals surface area contributed by atoms with E-state index in [1.54, 1.807) is 24.3 Å². The van der Waals surface area contributed by atoms with Gasteiger partial charge in [-0.25, -0.2) is 4.57 Å². The Morgan fingerprint density at radius 3 is 2.08 bits per heavy atom. The molecule has 0 heterocycles. The highest BCUT2D eigenvalue weighted by Gasteiger charge is 2.20. The molecule has 0 saturated carbocycles. The fraction of sp³-hybridized carbons (Fsp3) is 0.294. The number of phosphoric acid groups is 1. The molecule has 3 N–H and O–H groups in total. The maximum atomic E-state index is 11.8. The number of benzene rings is 2.